The molecule has 10 rings (SSSR count). The number of para-hydroxylation sites is 2. The molecule has 2 aliphatic rings. The summed E-state index contributed by atoms with van der Waals surface area (Å²) < 4.78 is 3.84. The van der Waals surface area contributed by atoms with Crippen LogP contribution in [-0.2, 0) is 70.4 Å². The van der Waals surface area contributed by atoms with E-state index in [0.717, 1.165) is 59.6 Å². The average Bonchev–Trinajstić information content (AvgIpc) is 4.05. The predicted octanol–water partition coefficient (Wildman–Crippen LogP) is 9.83. The monoisotopic (exact) mass is 1080 g/mol. The molecule has 0 fully saturated rings. The van der Waals surface area contributed by atoms with E-state index in [1.54, 1.807) is 0 Å². The van der Waals surface area contributed by atoms with Crippen LogP contribution in [0, 0.1) is 37.3 Å². The summed E-state index contributed by atoms with van der Waals surface area (Å²) in [6.45, 7) is 0. The molecular formula is C50H34Au2N4-4. The summed E-state index contributed by atoms with van der Waals surface area (Å²) in [5.74, 6) is 4.87. The maximum absolute atomic E-state index is 7.12. The molecule has 4 nitrogen and oxygen atoms in total. The van der Waals surface area contributed by atoms with Gasteiger partial charge in [0.15, 0.2) is 0 Å². The van der Waals surface area contributed by atoms with E-state index in [0.29, 0.717) is 0 Å². The van der Waals surface area contributed by atoms with Crippen molar-refractivity contribution in [1.29, 1.82) is 0 Å². The van der Waals surface area contributed by atoms with Crippen molar-refractivity contribution in [3.05, 3.63) is 228 Å². The van der Waals surface area contributed by atoms with Gasteiger partial charge in [0.1, 0.15) is 0 Å². The van der Waals surface area contributed by atoms with Crippen molar-refractivity contribution in [2.75, 3.05) is 0 Å². The Bertz CT molecular complexity index is 2460. The van der Waals surface area contributed by atoms with E-state index in [1.165, 1.54) is 44.5 Å². The molecule has 0 amide bonds. The Balaban J connectivity index is 0.000000146. The molecule has 2 aromatic heterocycles. The zero-order chi connectivity index (χ0) is 36.7. The molecule has 56 heavy (non-hydrogen) atoms. The summed E-state index contributed by atoms with van der Waals surface area (Å²) in [6, 6.07) is 49.4. The van der Waals surface area contributed by atoms with Gasteiger partial charge in [0.2, 0.25) is 0 Å². The molecule has 0 saturated carbocycles. The van der Waals surface area contributed by atoms with Crippen LogP contribution in [0.4, 0.5) is 0 Å². The summed E-state index contributed by atoms with van der Waals surface area (Å²) >= 11 is 0. The first-order valence-electron chi connectivity index (χ1n) is 18.0. The molecule has 8 aromatic rings. The Morgan fingerprint density at radius 2 is 0.839 bits per heavy atom. The van der Waals surface area contributed by atoms with E-state index in [4.69, 9.17) is 12.8 Å². The largest absolute Gasteiger partial charge is 0.433 e. The number of aryl methyl sites for hydroxylation is 2. The molecule has 2 aliphatic carbocycles. The van der Waals surface area contributed by atoms with Crippen molar-refractivity contribution in [2.45, 2.75) is 25.7 Å². The Hall–Kier alpha value is -5.66. The number of nitrogens with zero attached hydrogens (tertiary/aromatic N) is 4. The van der Waals surface area contributed by atoms with Crippen molar-refractivity contribution < 1.29 is 44.8 Å². The van der Waals surface area contributed by atoms with E-state index in [1.807, 2.05) is 94.3 Å². The van der Waals surface area contributed by atoms with Crippen LogP contribution in [0.3, 0.4) is 0 Å². The van der Waals surface area contributed by atoms with Crippen LogP contribution in [0.1, 0.15) is 44.8 Å². The third-order valence-corrected chi connectivity index (χ3v) is 9.74. The SMILES string of the molecule is [Au].[Au].[C-]#Cc1ccc2c(c1)Cc1ccccc1-2.[C-]#Cc1ccc2c(c1)Cc1ccccc1-2.[c-]1nc(CCc2cn(-c3ccccc3)[c-]n2)cn1-c1ccccc1. The second kappa shape index (κ2) is 18.8. The quantitative estimate of drug-likeness (QED) is 0.0979. The van der Waals surface area contributed by atoms with Crippen LogP contribution in [0.25, 0.3) is 33.6 Å². The van der Waals surface area contributed by atoms with E-state index in [9.17, 15) is 0 Å². The first kappa shape index (κ1) is 40.0. The number of aromatic nitrogens is 4. The van der Waals surface area contributed by atoms with Gasteiger partial charge < -0.3 is 31.9 Å². The Kier molecular flexibility index (Phi) is 13.4. The zero-order valence-electron chi connectivity index (χ0n) is 30.2. The fourth-order valence-electron chi connectivity index (χ4n) is 7.03. The van der Waals surface area contributed by atoms with Crippen LogP contribution >= 0.6 is 0 Å². The summed E-state index contributed by atoms with van der Waals surface area (Å²) in [7, 11) is 0. The van der Waals surface area contributed by atoms with Crippen LogP contribution < -0.4 is 0 Å². The minimum absolute atomic E-state index is 0. The standard InChI is InChI=1S/C20H16N4.2C15H9.2Au/c1-3-7-19(8-4-1)23-13-17(21-15-23)11-12-18-14-24(16-22-18)20-9-5-2-6-10-20;2*1-2-11-7-8-15-13(9-11)10-12-5-3-4-6-14(12)15;;/h1-10,13-14H,11-12H2;2*3-9H,10H2;;/q-2;2*-1;;. The summed E-state index contributed by atoms with van der Waals surface area (Å²) in [4.78, 5) is 8.73. The molecular weight excluding hydrogens is 1050 g/mol. The zero-order valence-corrected chi connectivity index (χ0v) is 34.6. The molecule has 0 N–H and O–H groups in total. The van der Waals surface area contributed by atoms with Gasteiger partial charge in [-0.25, -0.2) is 0 Å². The van der Waals surface area contributed by atoms with Crippen LogP contribution in [-0.4, -0.2) is 19.1 Å². The van der Waals surface area contributed by atoms with Gasteiger partial charge in [-0.2, -0.15) is 0 Å². The van der Waals surface area contributed by atoms with E-state index >= 15 is 0 Å². The van der Waals surface area contributed by atoms with Gasteiger partial charge in [-0.15, -0.1) is 35.4 Å². The van der Waals surface area contributed by atoms with Gasteiger partial charge in [-0.05, 0) is 57.6 Å². The summed E-state index contributed by atoms with van der Waals surface area (Å²) in [5.41, 5.74) is 16.6. The maximum atomic E-state index is 7.12. The number of benzene rings is 6. The van der Waals surface area contributed by atoms with Crippen molar-refractivity contribution >= 4 is 0 Å². The minimum Gasteiger partial charge on any atom is -0.433 e. The molecule has 0 saturated heterocycles. The Labute approximate surface area is 360 Å². The fraction of sp³-hybridized carbons (Fsp3) is 0.0800. The van der Waals surface area contributed by atoms with Crippen LogP contribution in [0.15, 0.2) is 158 Å². The van der Waals surface area contributed by atoms with Crippen LogP contribution in [0.2, 0.25) is 0 Å². The number of rotatable bonds is 5. The first-order valence-corrected chi connectivity index (χ1v) is 18.0. The van der Waals surface area contributed by atoms with Gasteiger partial charge in [0.25, 0.3) is 0 Å². The Morgan fingerprint density at radius 3 is 1.25 bits per heavy atom. The van der Waals surface area contributed by atoms with E-state index in [-0.39, 0.29) is 44.8 Å². The van der Waals surface area contributed by atoms with Crippen molar-refractivity contribution in [1.82, 2.24) is 19.1 Å². The maximum Gasteiger partial charge on any atom is 0.0410 e. The predicted molar refractivity (Wildman–Crippen MR) is 214 cm³/mol. The van der Waals surface area contributed by atoms with Gasteiger partial charge in [-0.3, -0.25) is 11.8 Å². The van der Waals surface area contributed by atoms with Gasteiger partial charge in [-0.1, -0.05) is 169 Å². The molecule has 0 unspecified atom stereocenters. The normalized spacial score (nSPS) is 10.9. The molecule has 0 atom stereocenters. The number of imidazole rings is 2. The van der Waals surface area contributed by atoms with Crippen molar-refractivity contribution in [2.24, 2.45) is 0 Å². The third kappa shape index (κ3) is 9.06. The van der Waals surface area contributed by atoms with E-state index in [2.05, 4.69) is 107 Å². The molecule has 280 valence electrons. The van der Waals surface area contributed by atoms with Crippen molar-refractivity contribution in [3.8, 4) is 45.5 Å². The van der Waals surface area contributed by atoms with Gasteiger partial charge in [0.05, 0.1) is 0 Å². The summed E-state index contributed by atoms with van der Waals surface area (Å²) in [5, 5.41) is 0. The van der Waals surface area contributed by atoms with Crippen LogP contribution in [0.5, 0.6) is 0 Å². The Morgan fingerprint density at radius 1 is 0.464 bits per heavy atom. The molecule has 2 radical (unpaired) electrons. The molecule has 6 aromatic carbocycles. The van der Waals surface area contributed by atoms with Crippen molar-refractivity contribution in [3.63, 3.8) is 0 Å². The molecule has 2 heterocycles. The number of fused-ring (bicyclic) bond motifs is 6. The summed E-state index contributed by atoms with van der Waals surface area (Å²) in [6.07, 6.45) is 28.0. The second-order valence-corrected chi connectivity index (χ2v) is 13.2. The topological polar surface area (TPSA) is 35.6 Å². The number of hydrogen-bond donors (Lipinski definition) is 0. The average molecular weight is 1080 g/mol. The smallest absolute Gasteiger partial charge is 0.0410 e. The molecule has 0 aliphatic heterocycles. The first-order chi connectivity index (χ1) is 26.6. The van der Waals surface area contributed by atoms with Gasteiger partial charge >= 0.3 is 0 Å². The number of hydrogen-bond acceptors (Lipinski definition) is 2. The van der Waals surface area contributed by atoms with Gasteiger partial charge in [0, 0.05) is 57.4 Å². The molecule has 6 heteroatoms. The molecule has 0 spiro atoms. The fourth-order valence-corrected chi connectivity index (χ4v) is 7.03. The molecule has 0 bridgehead atoms. The second-order valence-electron chi connectivity index (χ2n) is 13.2. The van der Waals surface area contributed by atoms with E-state index < -0.39 is 0 Å². The minimum atomic E-state index is 0. The third-order valence-electron chi connectivity index (χ3n) is 9.74.